The van der Waals surface area contributed by atoms with Gasteiger partial charge in [0, 0.05) is 39.3 Å². The van der Waals surface area contributed by atoms with Gasteiger partial charge in [0.1, 0.15) is 12.2 Å². The summed E-state index contributed by atoms with van der Waals surface area (Å²) in [4.78, 5) is 48.5. The Morgan fingerprint density at radius 2 is 2.14 bits per heavy atom. The Hall–Kier alpha value is -2.77. The molecule has 13 heteroatoms. The van der Waals surface area contributed by atoms with Crippen LogP contribution in [-0.4, -0.2) is 81.5 Å². The normalized spacial score (nSPS) is 26.7. The quantitative estimate of drug-likeness (QED) is 0.410. The summed E-state index contributed by atoms with van der Waals surface area (Å²) in [7, 11) is 1.35. The zero-order valence-electron chi connectivity index (χ0n) is 15.1. The molecule has 4 N–H and O–H groups in total. The first-order valence-electron chi connectivity index (χ1n) is 8.22. The molecule has 0 spiro atoms. The molecule has 1 aromatic rings. The summed E-state index contributed by atoms with van der Waals surface area (Å²) in [5.41, 5.74) is -1.69. The SMILES string of the molecule is CC(=O)NCCN(C)C(=O)OC[C@@]1(F)O[C@@H](n2ccc(=O)[nH]c2=O)[C@H](O)[C@@H]1O. The summed E-state index contributed by atoms with van der Waals surface area (Å²) >= 11 is 0. The number of aromatic amines is 1. The highest BCUT2D eigenvalue weighted by molar-refractivity contribution is 5.73. The van der Waals surface area contributed by atoms with Gasteiger partial charge in [-0.15, -0.1) is 0 Å². The second-order valence-corrected chi connectivity index (χ2v) is 6.21. The van der Waals surface area contributed by atoms with Gasteiger partial charge in [-0.05, 0) is 0 Å². The number of amides is 2. The minimum absolute atomic E-state index is 0.0825. The van der Waals surface area contributed by atoms with Gasteiger partial charge in [0.25, 0.3) is 11.4 Å². The van der Waals surface area contributed by atoms with Crippen LogP contribution in [0.4, 0.5) is 9.18 Å². The molecule has 1 aromatic heterocycles. The Kier molecular flexibility index (Phi) is 6.53. The molecule has 1 saturated heterocycles. The van der Waals surface area contributed by atoms with Crippen molar-refractivity contribution in [1.82, 2.24) is 19.8 Å². The molecule has 0 aliphatic carbocycles. The summed E-state index contributed by atoms with van der Waals surface area (Å²) in [6.07, 6.45) is -5.65. The Morgan fingerprint density at radius 1 is 1.46 bits per heavy atom. The second kappa shape index (κ2) is 8.50. The van der Waals surface area contributed by atoms with E-state index in [9.17, 15) is 33.8 Å². The minimum atomic E-state index is -2.99. The number of halogens is 1. The number of ether oxygens (including phenoxy) is 2. The molecule has 0 unspecified atom stereocenters. The van der Waals surface area contributed by atoms with Crippen LogP contribution in [0.15, 0.2) is 21.9 Å². The third-order valence-corrected chi connectivity index (χ3v) is 4.02. The van der Waals surface area contributed by atoms with Crippen molar-refractivity contribution in [2.45, 2.75) is 31.2 Å². The molecular formula is C15H21FN4O8. The second-order valence-electron chi connectivity index (χ2n) is 6.21. The molecule has 0 saturated carbocycles. The van der Waals surface area contributed by atoms with E-state index in [1.54, 1.807) is 0 Å². The van der Waals surface area contributed by atoms with Crippen LogP contribution in [0.25, 0.3) is 0 Å². The maximum atomic E-state index is 14.9. The molecule has 156 valence electrons. The first kappa shape index (κ1) is 21.5. The average molecular weight is 404 g/mol. The van der Waals surface area contributed by atoms with Crippen LogP contribution in [0.2, 0.25) is 0 Å². The van der Waals surface area contributed by atoms with Crippen molar-refractivity contribution < 1.29 is 33.7 Å². The van der Waals surface area contributed by atoms with Crippen LogP contribution in [-0.2, 0) is 14.3 Å². The average Bonchev–Trinajstić information content (AvgIpc) is 2.84. The van der Waals surface area contributed by atoms with Crippen molar-refractivity contribution in [3.8, 4) is 0 Å². The minimum Gasteiger partial charge on any atom is -0.443 e. The Labute approximate surface area is 157 Å². The fourth-order valence-corrected chi connectivity index (χ4v) is 2.48. The number of carbonyl (C=O) groups is 2. The fourth-order valence-electron chi connectivity index (χ4n) is 2.48. The van der Waals surface area contributed by atoms with Gasteiger partial charge in [-0.3, -0.25) is 19.1 Å². The Balaban J connectivity index is 2.01. The Bertz CT molecular complexity index is 842. The molecule has 2 amide bonds. The van der Waals surface area contributed by atoms with Gasteiger partial charge in [-0.2, -0.15) is 0 Å². The first-order valence-corrected chi connectivity index (χ1v) is 8.22. The molecule has 0 aromatic carbocycles. The number of alkyl halides is 1. The van der Waals surface area contributed by atoms with Gasteiger partial charge in [-0.1, -0.05) is 0 Å². The standard InChI is InChI=1S/C15H21FN4O8/c1-8(21)17-4-6-19(2)14(26)27-7-15(16)11(24)10(23)12(28-15)20-5-3-9(22)18-13(20)25/h3,5,10-12,23-24H,4,6-7H2,1-2H3,(H,17,21)(H,18,22,25)/t10-,11+,12-,15-/m1/s1. The lowest BCUT2D eigenvalue weighted by Gasteiger charge is -2.24. The lowest BCUT2D eigenvalue weighted by atomic mass is 10.1. The number of aliphatic hydroxyl groups excluding tert-OH is 2. The van der Waals surface area contributed by atoms with E-state index in [4.69, 9.17) is 9.47 Å². The molecule has 2 rings (SSSR count). The molecule has 28 heavy (non-hydrogen) atoms. The molecule has 4 atom stereocenters. The van der Waals surface area contributed by atoms with Gasteiger partial charge in [0.05, 0.1) is 0 Å². The summed E-state index contributed by atoms with van der Waals surface area (Å²) in [6, 6.07) is 0.951. The maximum absolute atomic E-state index is 14.9. The topological polar surface area (TPSA) is 163 Å². The van der Waals surface area contributed by atoms with Crippen LogP contribution in [0.3, 0.4) is 0 Å². The van der Waals surface area contributed by atoms with Gasteiger partial charge >= 0.3 is 11.8 Å². The zero-order chi connectivity index (χ0) is 21.1. The van der Waals surface area contributed by atoms with E-state index in [0.717, 1.165) is 17.2 Å². The molecule has 1 aliphatic rings. The monoisotopic (exact) mass is 404 g/mol. The molecule has 0 bridgehead atoms. The van der Waals surface area contributed by atoms with Crippen molar-refractivity contribution in [3.63, 3.8) is 0 Å². The smallest absolute Gasteiger partial charge is 0.409 e. The lowest BCUT2D eigenvalue weighted by molar-refractivity contribution is -0.208. The summed E-state index contributed by atoms with van der Waals surface area (Å²) < 4.78 is 25.3. The summed E-state index contributed by atoms with van der Waals surface area (Å²) in [6.45, 7) is 0.471. The highest BCUT2D eigenvalue weighted by Crippen LogP contribution is 2.37. The third-order valence-electron chi connectivity index (χ3n) is 4.02. The predicted molar refractivity (Wildman–Crippen MR) is 90.0 cm³/mol. The molecule has 1 fully saturated rings. The predicted octanol–water partition coefficient (Wildman–Crippen LogP) is -2.34. The number of H-pyrrole nitrogens is 1. The number of hydrogen-bond donors (Lipinski definition) is 4. The molecular weight excluding hydrogens is 383 g/mol. The fraction of sp³-hybridized carbons (Fsp3) is 0.600. The number of hydrogen-bond acceptors (Lipinski definition) is 8. The number of carbonyl (C=O) groups excluding carboxylic acids is 2. The molecule has 0 radical (unpaired) electrons. The highest BCUT2D eigenvalue weighted by atomic mass is 19.2. The number of nitrogens with one attached hydrogen (secondary N) is 2. The van der Waals surface area contributed by atoms with E-state index >= 15 is 0 Å². The number of aromatic nitrogens is 2. The van der Waals surface area contributed by atoms with Crippen molar-refractivity contribution in [3.05, 3.63) is 33.1 Å². The number of nitrogens with zero attached hydrogens (tertiary/aromatic N) is 2. The molecule has 1 aliphatic heterocycles. The van der Waals surface area contributed by atoms with Crippen LogP contribution in [0.5, 0.6) is 0 Å². The zero-order valence-corrected chi connectivity index (χ0v) is 15.1. The maximum Gasteiger partial charge on any atom is 0.409 e. The van der Waals surface area contributed by atoms with Gasteiger partial charge in [0.2, 0.25) is 5.91 Å². The van der Waals surface area contributed by atoms with Crippen LogP contribution in [0.1, 0.15) is 13.2 Å². The van der Waals surface area contributed by atoms with Gasteiger partial charge in [-0.25, -0.2) is 14.0 Å². The highest BCUT2D eigenvalue weighted by Gasteiger charge is 2.57. The largest absolute Gasteiger partial charge is 0.443 e. The molecule has 2 heterocycles. The van der Waals surface area contributed by atoms with Crippen molar-refractivity contribution in [2.24, 2.45) is 0 Å². The lowest BCUT2D eigenvalue weighted by Crippen LogP contribution is -2.45. The van der Waals surface area contributed by atoms with E-state index in [-0.39, 0.29) is 19.0 Å². The number of rotatable bonds is 6. The summed E-state index contributed by atoms with van der Waals surface area (Å²) in [5.74, 6) is -3.28. The number of likely N-dealkylation sites (N-methyl/N-ethyl adjacent to an activating group) is 1. The third kappa shape index (κ3) is 4.74. The number of aliphatic hydroxyl groups is 2. The van der Waals surface area contributed by atoms with E-state index < -0.39 is 48.2 Å². The Morgan fingerprint density at radius 3 is 2.75 bits per heavy atom. The molecule has 12 nitrogen and oxygen atoms in total. The van der Waals surface area contributed by atoms with Crippen LogP contribution < -0.4 is 16.6 Å². The van der Waals surface area contributed by atoms with E-state index in [0.29, 0.717) is 4.57 Å². The van der Waals surface area contributed by atoms with E-state index in [1.165, 1.54) is 14.0 Å². The van der Waals surface area contributed by atoms with Crippen molar-refractivity contribution >= 4 is 12.0 Å². The van der Waals surface area contributed by atoms with Gasteiger partial charge < -0.3 is 29.9 Å². The van der Waals surface area contributed by atoms with Crippen molar-refractivity contribution in [1.29, 1.82) is 0 Å². The summed E-state index contributed by atoms with van der Waals surface area (Å²) in [5, 5.41) is 22.4. The van der Waals surface area contributed by atoms with E-state index in [1.807, 2.05) is 4.98 Å². The van der Waals surface area contributed by atoms with Crippen molar-refractivity contribution in [2.75, 3.05) is 26.7 Å². The van der Waals surface area contributed by atoms with Crippen LogP contribution in [0, 0.1) is 0 Å². The van der Waals surface area contributed by atoms with Gasteiger partial charge in [0.15, 0.2) is 12.8 Å². The first-order chi connectivity index (χ1) is 13.0. The van der Waals surface area contributed by atoms with E-state index in [2.05, 4.69) is 5.32 Å². The van der Waals surface area contributed by atoms with Crippen LogP contribution >= 0.6 is 0 Å².